The molecule has 0 fully saturated rings. The molecule has 4 aromatic rings. The summed E-state index contributed by atoms with van der Waals surface area (Å²) in [4.78, 5) is 12.6. The summed E-state index contributed by atoms with van der Waals surface area (Å²) < 4.78 is 18.3. The van der Waals surface area contributed by atoms with E-state index in [2.05, 4.69) is 17.2 Å². The van der Waals surface area contributed by atoms with Crippen LogP contribution < -0.4 is 14.2 Å². The van der Waals surface area contributed by atoms with Crippen LogP contribution in [-0.4, -0.2) is 29.5 Å². The molecule has 152 valence electrons. The lowest BCUT2D eigenvalue weighted by Gasteiger charge is -2.11. The number of benzene rings is 3. The van der Waals surface area contributed by atoms with Crippen LogP contribution in [-0.2, 0) is 6.54 Å². The normalized spacial score (nSPS) is 10.7. The molecular formula is C24H22N2O4. The van der Waals surface area contributed by atoms with Gasteiger partial charge in [-0.15, -0.1) is 0 Å². The van der Waals surface area contributed by atoms with E-state index in [0.29, 0.717) is 30.3 Å². The van der Waals surface area contributed by atoms with Crippen LogP contribution in [0.5, 0.6) is 17.4 Å². The molecule has 1 heterocycles. The number of aromatic nitrogens is 2. The number of para-hydroxylation sites is 1. The Labute approximate surface area is 174 Å². The maximum absolute atomic E-state index is 12.6. The molecule has 0 aliphatic rings. The van der Waals surface area contributed by atoms with Crippen LogP contribution in [0.15, 0.2) is 72.8 Å². The van der Waals surface area contributed by atoms with Crippen molar-refractivity contribution in [3.8, 4) is 17.4 Å². The first-order chi connectivity index (χ1) is 14.6. The van der Waals surface area contributed by atoms with E-state index in [0.717, 1.165) is 22.2 Å². The highest BCUT2D eigenvalue weighted by molar-refractivity contribution is 5.93. The first-order valence-electron chi connectivity index (χ1n) is 9.65. The molecule has 0 aliphatic heterocycles. The molecule has 0 aliphatic carbocycles. The highest BCUT2D eigenvalue weighted by Gasteiger charge is 2.17. The second kappa shape index (κ2) is 8.69. The van der Waals surface area contributed by atoms with E-state index < -0.39 is 5.97 Å². The molecule has 0 saturated carbocycles. The highest BCUT2D eigenvalue weighted by Crippen LogP contribution is 2.22. The molecule has 0 spiro atoms. The van der Waals surface area contributed by atoms with Gasteiger partial charge >= 0.3 is 5.97 Å². The maximum Gasteiger partial charge on any atom is 0.348 e. The Balaban J connectivity index is 1.43. The number of ether oxygens (including phenoxy) is 3. The van der Waals surface area contributed by atoms with E-state index in [1.165, 1.54) is 7.11 Å². The molecule has 1 aromatic heterocycles. The molecule has 3 aromatic carbocycles. The van der Waals surface area contributed by atoms with Crippen molar-refractivity contribution < 1.29 is 19.0 Å². The van der Waals surface area contributed by atoms with E-state index in [-0.39, 0.29) is 0 Å². The van der Waals surface area contributed by atoms with Crippen LogP contribution >= 0.6 is 0 Å². The number of rotatable bonds is 7. The largest absolute Gasteiger partial charge is 0.496 e. The third-order valence-corrected chi connectivity index (χ3v) is 4.68. The fourth-order valence-electron chi connectivity index (χ4n) is 3.23. The number of hydrogen-bond donors (Lipinski definition) is 0. The first kappa shape index (κ1) is 19.5. The monoisotopic (exact) mass is 402 g/mol. The van der Waals surface area contributed by atoms with Gasteiger partial charge in [0.1, 0.15) is 23.7 Å². The lowest BCUT2D eigenvalue weighted by atomic mass is 10.1. The molecule has 0 N–H and O–H groups in total. The van der Waals surface area contributed by atoms with E-state index in [1.807, 2.05) is 37.3 Å². The summed E-state index contributed by atoms with van der Waals surface area (Å²) in [5.74, 6) is 1.12. The summed E-state index contributed by atoms with van der Waals surface area (Å²) in [6.45, 7) is 2.68. The Hall–Kier alpha value is -3.80. The summed E-state index contributed by atoms with van der Waals surface area (Å²) in [6.07, 6.45) is 0. The molecule has 4 rings (SSSR count). The number of methoxy groups -OCH3 is 1. The molecule has 6 heteroatoms. The first-order valence-corrected chi connectivity index (χ1v) is 9.65. The quantitative estimate of drug-likeness (QED) is 0.421. The van der Waals surface area contributed by atoms with Crippen molar-refractivity contribution in [2.45, 2.75) is 13.5 Å². The predicted molar refractivity (Wildman–Crippen MR) is 114 cm³/mol. The summed E-state index contributed by atoms with van der Waals surface area (Å²) in [7, 11) is 1.52. The van der Waals surface area contributed by atoms with E-state index in [4.69, 9.17) is 14.2 Å². The van der Waals surface area contributed by atoms with Crippen molar-refractivity contribution in [1.29, 1.82) is 0 Å². The fourth-order valence-corrected chi connectivity index (χ4v) is 3.23. The minimum Gasteiger partial charge on any atom is -0.496 e. The number of hydrogen-bond acceptors (Lipinski definition) is 5. The fraction of sp³-hybridized carbons (Fsp3) is 0.167. The minimum atomic E-state index is -0.496. The number of fused-ring (bicyclic) bond motifs is 1. The van der Waals surface area contributed by atoms with Crippen LogP contribution in [0.4, 0.5) is 0 Å². The zero-order chi connectivity index (χ0) is 20.9. The molecule has 6 nitrogen and oxygen atoms in total. The van der Waals surface area contributed by atoms with E-state index in [1.54, 1.807) is 35.0 Å². The molecule has 0 radical (unpaired) electrons. The summed E-state index contributed by atoms with van der Waals surface area (Å²) in [6, 6.07) is 22.8. The van der Waals surface area contributed by atoms with Crippen LogP contribution in [0.1, 0.15) is 16.1 Å². The van der Waals surface area contributed by atoms with Gasteiger partial charge in [-0.3, -0.25) is 0 Å². The van der Waals surface area contributed by atoms with E-state index >= 15 is 0 Å². The van der Waals surface area contributed by atoms with Crippen LogP contribution in [0, 0.1) is 6.92 Å². The molecule has 30 heavy (non-hydrogen) atoms. The highest BCUT2D eigenvalue weighted by atomic mass is 16.5. The van der Waals surface area contributed by atoms with Crippen molar-refractivity contribution >= 4 is 16.7 Å². The Morgan fingerprint density at radius 3 is 2.57 bits per heavy atom. The Morgan fingerprint density at radius 1 is 0.967 bits per heavy atom. The van der Waals surface area contributed by atoms with Gasteiger partial charge in [0, 0.05) is 6.07 Å². The van der Waals surface area contributed by atoms with Gasteiger partial charge in [0.2, 0.25) is 5.88 Å². The molecular weight excluding hydrogens is 380 g/mol. The van der Waals surface area contributed by atoms with Gasteiger partial charge in [0.25, 0.3) is 0 Å². The van der Waals surface area contributed by atoms with Crippen LogP contribution in [0.25, 0.3) is 10.8 Å². The Bertz CT molecular complexity index is 1180. The lowest BCUT2D eigenvalue weighted by molar-refractivity contribution is 0.0712. The Morgan fingerprint density at radius 2 is 1.73 bits per heavy atom. The van der Waals surface area contributed by atoms with Gasteiger partial charge in [0.05, 0.1) is 19.3 Å². The number of esters is 1. The maximum atomic E-state index is 12.6. The molecule has 0 bridgehead atoms. The van der Waals surface area contributed by atoms with E-state index in [9.17, 15) is 4.79 Å². The number of carbonyl (C=O) groups is 1. The number of carbonyl (C=O) groups excluding carboxylic acids is 1. The third kappa shape index (κ3) is 4.27. The van der Waals surface area contributed by atoms with Crippen LogP contribution in [0.3, 0.4) is 0 Å². The zero-order valence-electron chi connectivity index (χ0n) is 16.9. The number of nitrogens with zero attached hydrogens (tertiary/aromatic N) is 2. The van der Waals surface area contributed by atoms with Gasteiger partial charge in [-0.2, -0.15) is 5.10 Å². The van der Waals surface area contributed by atoms with Crippen molar-refractivity contribution in [2.24, 2.45) is 0 Å². The molecule has 0 atom stereocenters. The van der Waals surface area contributed by atoms with Crippen molar-refractivity contribution in [3.05, 3.63) is 84.1 Å². The van der Waals surface area contributed by atoms with Gasteiger partial charge in [-0.25, -0.2) is 9.48 Å². The van der Waals surface area contributed by atoms with Gasteiger partial charge in [-0.05, 0) is 42.0 Å². The number of aryl methyl sites for hydroxylation is 1. The summed E-state index contributed by atoms with van der Waals surface area (Å²) in [5.41, 5.74) is 1.11. The second-order valence-corrected chi connectivity index (χ2v) is 6.79. The minimum absolute atomic E-state index is 0.359. The average molecular weight is 402 g/mol. The van der Waals surface area contributed by atoms with Crippen molar-refractivity contribution in [2.75, 3.05) is 13.7 Å². The average Bonchev–Trinajstić information content (AvgIpc) is 3.12. The SMILES string of the molecule is COc1ccccc1C(=O)Oc1cc(C)nn1CCOc1ccc2ccccc2c1. The smallest absolute Gasteiger partial charge is 0.348 e. The van der Waals surface area contributed by atoms with Gasteiger partial charge in [-0.1, -0.05) is 42.5 Å². The van der Waals surface area contributed by atoms with Gasteiger partial charge < -0.3 is 14.2 Å². The third-order valence-electron chi connectivity index (χ3n) is 4.68. The van der Waals surface area contributed by atoms with Gasteiger partial charge in [0.15, 0.2) is 0 Å². The molecule has 0 saturated heterocycles. The topological polar surface area (TPSA) is 62.6 Å². The second-order valence-electron chi connectivity index (χ2n) is 6.79. The molecule has 0 unspecified atom stereocenters. The lowest BCUT2D eigenvalue weighted by Crippen LogP contribution is -2.16. The zero-order valence-corrected chi connectivity index (χ0v) is 16.9. The van der Waals surface area contributed by atoms with Crippen molar-refractivity contribution in [1.82, 2.24) is 9.78 Å². The summed E-state index contributed by atoms with van der Waals surface area (Å²) in [5, 5.41) is 6.70. The Kier molecular flexibility index (Phi) is 5.66. The predicted octanol–water partition coefficient (Wildman–Crippen LogP) is 4.65. The summed E-state index contributed by atoms with van der Waals surface area (Å²) >= 11 is 0. The molecule has 0 amide bonds. The standard InChI is InChI=1S/C24H22N2O4/c1-17-15-23(30-24(27)21-9-5-6-10-22(21)28-2)26(25-17)13-14-29-20-12-11-18-7-3-4-8-19(18)16-20/h3-12,15-16H,13-14H2,1-2H3. The van der Waals surface area contributed by atoms with Crippen LogP contribution in [0.2, 0.25) is 0 Å². The van der Waals surface area contributed by atoms with Crippen molar-refractivity contribution in [3.63, 3.8) is 0 Å².